The number of anilines is 4. The van der Waals surface area contributed by atoms with Gasteiger partial charge in [-0.15, -0.1) is 0 Å². The Morgan fingerprint density at radius 2 is 1.96 bits per heavy atom. The molecule has 0 radical (unpaired) electrons. The van der Waals surface area contributed by atoms with Crippen molar-refractivity contribution in [2.24, 2.45) is 0 Å². The van der Waals surface area contributed by atoms with Crippen LogP contribution in [0.2, 0.25) is 0 Å². The van der Waals surface area contributed by atoms with E-state index in [2.05, 4.69) is 22.2 Å². The third-order valence-electron chi connectivity index (χ3n) is 3.73. The van der Waals surface area contributed by atoms with E-state index in [1.165, 1.54) is 6.33 Å². The number of carbonyl (C=O) groups excluding carboxylic acids is 1. The Hall–Kier alpha value is -2.83. The molecule has 25 heavy (non-hydrogen) atoms. The van der Waals surface area contributed by atoms with Crippen molar-refractivity contribution in [3.05, 3.63) is 36.2 Å². The molecule has 0 saturated carbocycles. The van der Waals surface area contributed by atoms with Gasteiger partial charge in [-0.2, -0.15) is 0 Å². The summed E-state index contributed by atoms with van der Waals surface area (Å²) in [5.41, 5.74) is 8.00. The number of esters is 1. The van der Waals surface area contributed by atoms with Crippen molar-refractivity contribution in [3.8, 4) is 0 Å². The summed E-state index contributed by atoms with van der Waals surface area (Å²) < 4.78 is 4.97. The molecular weight excluding hydrogens is 318 g/mol. The third kappa shape index (κ3) is 4.82. The number of carbonyl (C=O) groups is 1. The van der Waals surface area contributed by atoms with E-state index >= 15 is 0 Å². The number of benzene rings is 1. The van der Waals surface area contributed by atoms with E-state index < -0.39 is 0 Å². The van der Waals surface area contributed by atoms with E-state index in [-0.39, 0.29) is 5.97 Å². The number of unbranched alkanes of at least 4 members (excludes halogenated alkanes) is 1. The fourth-order valence-corrected chi connectivity index (χ4v) is 2.33. The topological polar surface area (TPSA) is 93.4 Å². The van der Waals surface area contributed by atoms with E-state index in [0.29, 0.717) is 29.5 Å². The molecular formula is C18H25N5O2. The minimum absolute atomic E-state index is 0.338. The van der Waals surface area contributed by atoms with Gasteiger partial charge < -0.3 is 20.7 Å². The molecule has 1 heterocycles. The molecule has 134 valence electrons. The Bertz CT molecular complexity index is 703. The summed E-state index contributed by atoms with van der Waals surface area (Å²) in [4.78, 5) is 22.2. The summed E-state index contributed by atoms with van der Waals surface area (Å²) in [5, 5.41) is 3.17. The third-order valence-corrected chi connectivity index (χ3v) is 3.73. The smallest absolute Gasteiger partial charge is 0.338 e. The van der Waals surface area contributed by atoms with Gasteiger partial charge in [0.2, 0.25) is 0 Å². The minimum Gasteiger partial charge on any atom is -0.462 e. The highest BCUT2D eigenvalue weighted by Crippen LogP contribution is 2.28. The Kier molecular flexibility index (Phi) is 6.56. The van der Waals surface area contributed by atoms with Gasteiger partial charge in [-0.25, -0.2) is 14.8 Å². The maximum atomic E-state index is 11.7. The Morgan fingerprint density at radius 1 is 1.24 bits per heavy atom. The summed E-state index contributed by atoms with van der Waals surface area (Å²) in [6.45, 7) is 5.15. The maximum Gasteiger partial charge on any atom is 0.338 e. The first-order valence-corrected chi connectivity index (χ1v) is 8.42. The molecule has 0 saturated heterocycles. The minimum atomic E-state index is -0.338. The van der Waals surface area contributed by atoms with Crippen LogP contribution in [0.4, 0.5) is 23.0 Å². The van der Waals surface area contributed by atoms with Crippen molar-refractivity contribution in [2.45, 2.75) is 26.7 Å². The van der Waals surface area contributed by atoms with Crippen LogP contribution in [0, 0.1) is 0 Å². The molecule has 0 unspecified atom stereocenters. The standard InChI is InChI=1S/C18H25N5O2/c1-4-6-11-23(3)17-15(19)16(20-12-21-17)22-14-9-7-13(8-10-14)18(24)25-5-2/h7-10,12H,4-6,11,19H2,1-3H3,(H,20,21,22). The molecule has 0 atom stereocenters. The predicted molar refractivity (Wildman–Crippen MR) is 100 cm³/mol. The van der Waals surface area contributed by atoms with Gasteiger partial charge >= 0.3 is 5.97 Å². The molecule has 7 heteroatoms. The van der Waals surface area contributed by atoms with Crippen LogP contribution in [-0.4, -0.2) is 36.1 Å². The predicted octanol–water partition coefficient (Wildman–Crippen LogP) is 3.22. The zero-order chi connectivity index (χ0) is 18.2. The van der Waals surface area contributed by atoms with E-state index in [0.717, 1.165) is 25.1 Å². The molecule has 2 rings (SSSR count). The highest BCUT2D eigenvalue weighted by molar-refractivity contribution is 5.90. The Labute approximate surface area is 148 Å². The van der Waals surface area contributed by atoms with Crippen LogP contribution < -0.4 is 16.0 Å². The van der Waals surface area contributed by atoms with Gasteiger partial charge in [-0.05, 0) is 37.6 Å². The van der Waals surface area contributed by atoms with Crippen molar-refractivity contribution >= 4 is 29.0 Å². The second-order valence-electron chi connectivity index (χ2n) is 5.66. The number of rotatable bonds is 8. The largest absolute Gasteiger partial charge is 0.462 e. The van der Waals surface area contributed by atoms with Crippen molar-refractivity contribution < 1.29 is 9.53 Å². The number of aromatic nitrogens is 2. The highest BCUT2D eigenvalue weighted by atomic mass is 16.5. The summed E-state index contributed by atoms with van der Waals surface area (Å²) in [6.07, 6.45) is 3.66. The molecule has 2 aromatic rings. The van der Waals surface area contributed by atoms with Crippen molar-refractivity contribution in [1.82, 2.24) is 9.97 Å². The van der Waals surface area contributed by atoms with Gasteiger partial charge in [-0.3, -0.25) is 0 Å². The van der Waals surface area contributed by atoms with E-state index in [9.17, 15) is 4.79 Å². The zero-order valence-electron chi connectivity index (χ0n) is 15.0. The lowest BCUT2D eigenvalue weighted by Crippen LogP contribution is -2.21. The zero-order valence-corrected chi connectivity index (χ0v) is 15.0. The average Bonchev–Trinajstić information content (AvgIpc) is 2.62. The molecule has 0 spiro atoms. The lowest BCUT2D eigenvalue weighted by molar-refractivity contribution is 0.0526. The van der Waals surface area contributed by atoms with Gasteiger partial charge in [0.05, 0.1) is 12.2 Å². The molecule has 0 aliphatic rings. The van der Waals surface area contributed by atoms with Crippen LogP contribution in [0.1, 0.15) is 37.0 Å². The molecule has 1 aromatic carbocycles. The second-order valence-corrected chi connectivity index (χ2v) is 5.66. The normalized spacial score (nSPS) is 10.4. The monoisotopic (exact) mass is 343 g/mol. The van der Waals surface area contributed by atoms with E-state index in [1.807, 2.05) is 11.9 Å². The van der Waals surface area contributed by atoms with Crippen molar-refractivity contribution in [2.75, 3.05) is 36.1 Å². The molecule has 7 nitrogen and oxygen atoms in total. The Balaban J connectivity index is 2.13. The van der Waals surface area contributed by atoms with Crippen LogP contribution in [-0.2, 0) is 4.74 Å². The van der Waals surface area contributed by atoms with Gasteiger partial charge in [-0.1, -0.05) is 13.3 Å². The van der Waals surface area contributed by atoms with Crippen LogP contribution in [0.15, 0.2) is 30.6 Å². The van der Waals surface area contributed by atoms with Gasteiger partial charge in [0.25, 0.3) is 0 Å². The summed E-state index contributed by atoms with van der Waals surface area (Å²) in [7, 11) is 1.96. The van der Waals surface area contributed by atoms with Crippen molar-refractivity contribution in [1.29, 1.82) is 0 Å². The first-order valence-electron chi connectivity index (χ1n) is 8.42. The fraction of sp³-hybridized carbons (Fsp3) is 0.389. The summed E-state index contributed by atoms with van der Waals surface area (Å²) >= 11 is 0. The first-order chi connectivity index (χ1) is 12.1. The SMILES string of the molecule is CCCCN(C)c1ncnc(Nc2ccc(C(=O)OCC)cc2)c1N. The van der Waals surface area contributed by atoms with Gasteiger partial charge in [0.1, 0.15) is 12.0 Å². The number of ether oxygens (including phenoxy) is 1. The van der Waals surface area contributed by atoms with Crippen LogP contribution in [0.5, 0.6) is 0 Å². The van der Waals surface area contributed by atoms with Crippen LogP contribution in [0.25, 0.3) is 0 Å². The molecule has 0 aliphatic heterocycles. The summed E-state index contributed by atoms with van der Waals surface area (Å²) in [6, 6.07) is 6.97. The second kappa shape index (κ2) is 8.86. The molecule has 3 N–H and O–H groups in total. The maximum absolute atomic E-state index is 11.7. The molecule has 0 bridgehead atoms. The summed E-state index contributed by atoms with van der Waals surface area (Å²) in [5.74, 6) is 0.904. The Morgan fingerprint density at radius 3 is 2.60 bits per heavy atom. The number of nitrogens with two attached hydrogens (primary N) is 1. The van der Waals surface area contributed by atoms with E-state index in [1.54, 1.807) is 31.2 Å². The van der Waals surface area contributed by atoms with Crippen molar-refractivity contribution in [3.63, 3.8) is 0 Å². The van der Waals surface area contributed by atoms with Gasteiger partial charge in [0.15, 0.2) is 11.6 Å². The average molecular weight is 343 g/mol. The fourth-order valence-electron chi connectivity index (χ4n) is 2.33. The van der Waals surface area contributed by atoms with Crippen LogP contribution in [0.3, 0.4) is 0 Å². The van der Waals surface area contributed by atoms with E-state index in [4.69, 9.17) is 10.5 Å². The first kappa shape index (κ1) is 18.5. The molecule has 0 aliphatic carbocycles. The van der Waals surface area contributed by atoms with Crippen LogP contribution >= 0.6 is 0 Å². The van der Waals surface area contributed by atoms with Gasteiger partial charge in [0, 0.05) is 19.3 Å². The number of hydrogen-bond donors (Lipinski definition) is 2. The number of nitrogens with zero attached hydrogens (tertiary/aromatic N) is 3. The molecule has 0 amide bonds. The number of hydrogen-bond acceptors (Lipinski definition) is 7. The number of nitrogen functional groups attached to an aromatic ring is 1. The molecule has 1 aromatic heterocycles. The highest BCUT2D eigenvalue weighted by Gasteiger charge is 2.12. The number of nitrogens with one attached hydrogen (secondary N) is 1. The lowest BCUT2D eigenvalue weighted by Gasteiger charge is -2.20. The lowest BCUT2D eigenvalue weighted by atomic mass is 10.2. The quantitative estimate of drug-likeness (QED) is 0.711. The molecule has 0 fully saturated rings.